The average Bonchev–Trinajstić information content (AvgIpc) is 2.76. The third-order valence-electron chi connectivity index (χ3n) is 3.73. The number of hydrogen-bond donors (Lipinski definition) is 1. The molecule has 6 heteroatoms. The summed E-state index contributed by atoms with van der Waals surface area (Å²) in [7, 11) is 0. The molecule has 2 aromatic carbocycles. The van der Waals surface area contributed by atoms with Crippen molar-refractivity contribution in [3.8, 4) is 6.07 Å². The second kappa shape index (κ2) is 5.74. The molecule has 110 valence electrons. The predicted octanol–water partition coefficient (Wildman–Crippen LogP) is 2.90. The number of non-ortho nitro benzene ring substituents is 1. The number of para-hydroxylation sites is 1. The fraction of sp³-hybridized carbons (Fsp3) is 0.188. The Balaban J connectivity index is 1.98. The van der Waals surface area contributed by atoms with Gasteiger partial charge in [-0.2, -0.15) is 5.26 Å². The Morgan fingerprint density at radius 1 is 1.27 bits per heavy atom. The highest BCUT2D eigenvalue weighted by molar-refractivity contribution is 5.65. The Labute approximate surface area is 127 Å². The van der Waals surface area contributed by atoms with Crippen molar-refractivity contribution in [2.45, 2.75) is 6.54 Å². The van der Waals surface area contributed by atoms with Crippen molar-refractivity contribution in [3.05, 3.63) is 63.7 Å². The molecule has 0 bridgehead atoms. The third kappa shape index (κ3) is 2.56. The van der Waals surface area contributed by atoms with Crippen molar-refractivity contribution in [3.63, 3.8) is 0 Å². The van der Waals surface area contributed by atoms with Crippen molar-refractivity contribution in [1.82, 2.24) is 0 Å². The van der Waals surface area contributed by atoms with Crippen molar-refractivity contribution < 1.29 is 4.92 Å². The minimum Gasteiger partial charge on any atom is -0.383 e. The van der Waals surface area contributed by atoms with Gasteiger partial charge in [-0.1, -0.05) is 18.2 Å². The molecule has 0 radical (unpaired) electrons. The minimum atomic E-state index is -0.482. The van der Waals surface area contributed by atoms with Gasteiger partial charge in [0.15, 0.2) is 0 Å². The average molecular weight is 294 g/mol. The Morgan fingerprint density at radius 2 is 2.09 bits per heavy atom. The zero-order valence-corrected chi connectivity index (χ0v) is 11.8. The van der Waals surface area contributed by atoms with Gasteiger partial charge in [-0.25, -0.2) is 0 Å². The Morgan fingerprint density at radius 3 is 2.86 bits per heavy atom. The second-order valence-electron chi connectivity index (χ2n) is 5.08. The summed E-state index contributed by atoms with van der Waals surface area (Å²) in [6, 6.07) is 14.5. The van der Waals surface area contributed by atoms with Gasteiger partial charge >= 0.3 is 0 Å². The second-order valence-corrected chi connectivity index (χ2v) is 5.08. The molecule has 2 aromatic rings. The van der Waals surface area contributed by atoms with Gasteiger partial charge < -0.3 is 10.2 Å². The molecule has 0 saturated carbocycles. The minimum absolute atomic E-state index is 0.0614. The van der Waals surface area contributed by atoms with E-state index in [1.807, 2.05) is 24.3 Å². The van der Waals surface area contributed by atoms with E-state index in [9.17, 15) is 15.4 Å². The van der Waals surface area contributed by atoms with Crippen LogP contribution in [0.3, 0.4) is 0 Å². The van der Waals surface area contributed by atoms with E-state index < -0.39 is 4.92 Å². The van der Waals surface area contributed by atoms with Gasteiger partial charge in [-0.15, -0.1) is 0 Å². The molecule has 0 atom stereocenters. The molecule has 6 nitrogen and oxygen atoms in total. The number of nitriles is 1. The lowest BCUT2D eigenvalue weighted by Crippen LogP contribution is -2.26. The summed E-state index contributed by atoms with van der Waals surface area (Å²) in [6.45, 7) is 2.13. The highest BCUT2D eigenvalue weighted by Gasteiger charge is 2.18. The maximum Gasteiger partial charge on any atom is 0.270 e. The van der Waals surface area contributed by atoms with E-state index in [1.165, 1.54) is 12.1 Å². The molecule has 3 rings (SSSR count). The number of rotatable bonds is 2. The molecule has 1 aliphatic rings. The Bertz CT molecular complexity index is 767. The topological polar surface area (TPSA) is 82.2 Å². The first-order chi connectivity index (χ1) is 10.7. The molecular weight excluding hydrogens is 280 g/mol. The highest BCUT2D eigenvalue weighted by Crippen LogP contribution is 2.29. The molecule has 0 saturated heterocycles. The van der Waals surface area contributed by atoms with E-state index in [-0.39, 0.29) is 5.69 Å². The summed E-state index contributed by atoms with van der Waals surface area (Å²) >= 11 is 0. The van der Waals surface area contributed by atoms with E-state index >= 15 is 0 Å². The first kappa shape index (κ1) is 13.9. The van der Waals surface area contributed by atoms with Crippen LogP contribution in [0.5, 0.6) is 0 Å². The molecule has 0 aromatic heterocycles. The number of nitrogens with one attached hydrogen (secondary N) is 1. The Kier molecular flexibility index (Phi) is 3.62. The van der Waals surface area contributed by atoms with Crippen LogP contribution in [-0.2, 0) is 6.54 Å². The van der Waals surface area contributed by atoms with Gasteiger partial charge in [0.25, 0.3) is 5.69 Å². The fourth-order valence-corrected chi connectivity index (χ4v) is 2.65. The maximum atomic E-state index is 10.8. The van der Waals surface area contributed by atoms with Crippen LogP contribution in [-0.4, -0.2) is 18.0 Å². The largest absolute Gasteiger partial charge is 0.383 e. The molecule has 0 unspecified atom stereocenters. The number of anilines is 2. The lowest BCUT2D eigenvalue weighted by atomic mass is 10.1. The standard InChI is InChI=1S/C16H14N4O2/c17-10-13-9-14(20(21)22)5-6-16(13)19-8-7-18-15-4-2-1-3-12(15)11-19/h1-6,9,18H,7-8,11H2. The molecule has 1 aliphatic heterocycles. The monoisotopic (exact) mass is 294 g/mol. The smallest absolute Gasteiger partial charge is 0.270 e. The molecule has 1 heterocycles. The number of fused-ring (bicyclic) bond motifs is 1. The normalized spacial score (nSPS) is 13.5. The first-order valence-electron chi connectivity index (χ1n) is 6.94. The molecule has 0 spiro atoms. The Hall–Kier alpha value is -3.07. The summed E-state index contributed by atoms with van der Waals surface area (Å²) in [4.78, 5) is 12.4. The molecular formula is C16H14N4O2. The van der Waals surface area contributed by atoms with Gasteiger partial charge in [-0.3, -0.25) is 10.1 Å². The quantitative estimate of drug-likeness (QED) is 0.680. The van der Waals surface area contributed by atoms with Crippen molar-refractivity contribution >= 4 is 17.1 Å². The van der Waals surface area contributed by atoms with E-state index in [0.29, 0.717) is 12.1 Å². The van der Waals surface area contributed by atoms with E-state index in [0.717, 1.165) is 30.0 Å². The number of hydrogen-bond acceptors (Lipinski definition) is 5. The summed E-state index contributed by atoms with van der Waals surface area (Å²) in [5.74, 6) is 0. The van der Waals surface area contributed by atoms with Crippen LogP contribution in [0.1, 0.15) is 11.1 Å². The lowest BCUT2D eigenvalue weighted by molar-refractivity contribution is -0.384. The zero-order chi connectivity index (χ0) is 15.5. The molecule has 0 fully saturated rings. The summed E-state index contributed by atoms with van der Waals surface area (Å²) in [5, 5.41) is 23.5. The van der Waals surface area contributed by atoms with Crippen molar-refractivity contribution in [2.75, 3.05) is 23.3 Å². The van der Waals surface area contributed by atoms with Crippen LogP contribution in [0.4, 0.5) is 17.1 Å². The molecule has 0 amide bonds. The van der Waals surface area contributed by atoms with E-state index in [1.54, 1.807) is 6.07 Å². The number of nitro groups is 1. The first-order valence-corrected chi connectivity index (χ1v) is 6.94. The number of nitrogens with zero attached hydrogens (tertiary/aromatic N) is 3. The van der Waals surface area contributed by atoms with Crippen LogP contribution < -0.4 is 10.2 Å². The van der Waals surface area contributed by atoms with E-state index in [4.69, 9.17) is 0 Å². The van der Waals surface area contributed by atoms with Crippen LogP contribution in [0, 0.1) is 21.4 Å². The SMILES string of the molecule is N#Cc1cc([N+](=O)[O-])ccc1N1CCNc2ccccc2C1. The zero-order valence-electron chi connectivity index (χ0n) is 11.8. The van der Waals surface area contributed by atoms with Gasteiger partial charge in [0.05, 0.1) is 16.2 Å². The predicted molar refractivity (Wildman–Crippen MR) is 83.8 cm³/mol. The molecule has 1 N–H and O–H groups in total. The summed E-state index contributed by atoms with van der Waals surface area (Å²) < 4.78 is 0. The third-order valence-corrected chi connectivity index (χ3v) is 3.73. The van der Waals surface area contributed by atoms with Gasteiger partial charge in [0, 0.05) is 37.5 Å². The van der Waals surface area contributed by atoms with Crippen LogP contribution in [0.15, 0.2) is 42.5 Å². The van der Waals surface area contributed by atoms with Crippen LogP contribution in [0.2, 0.25) is 0 Å². The van der Waals surface area contributed by atoms with Crippen LogP contribution in [0.25, 0.3) is 0 Å². The summed E-state index contributed by atoms with van der Waals surface area (Å²) in [6.07, 6.45) is 0. The van der Waals surface area contributed by atoms with Crippen LogP contribution >= 0.6 is 0 Å². The van der Waals surface area contributed by atoms with Gasteiger partial charge in [0.2, 0.25) is 0 Å². The molecule has 22 heavy (non-hydrogen) atoms. The fourth-order valence-electron chi connectivity index (χ4n) is 2.65. The van der Waals surface area contributed by atoms with Crippen molar-refractivity contribution in [1.29, 1.82) is 5.26 Å². The maximum absolute atomic E-state index is 10.8. The van der Waals surface area contributed by atoms with E-state index in [2.05, 4.69) is 16.3 Å². The summed E-state index contributed by atoms with van der Waals surface area (Å²) in [5.41, 5.74) is 3.22. The van der Waals surface area contributed by atoms with Gasteiger partial charge in [0.1, 0.15) is 6.07 Å². The molecule has 0 aliphatic carbocycles. The number of benzene rings is 2. The highest BCUT2D eigenvalue weighted by atomic mass is 16.6. The van der Waals surface area contributed by atoms with Gasteiger partial charge in [-0.05, 0) is 17.7 Å². The lowest BCUT2D eigenvalue weighted by Gasteiger charge is -2.23. The van der Waals surface area contributed by atoms with Crippen molar-refractivity contribution in [2.24, 2.45) is 0 Å². The number of nitro benzene ring substituents is 1.